The van der Waals surface area contributed by atoms with Gasteiger partial charge in [0.15, 0.2) is 0 Å². The van der Waals surface area contributed by atoms with E-state index in [1.165, 1.54) is 12.2 Å². The summed E-state index contributed by atoms with van der Waals surface area (Å²) in [4.78, 5) is 0. The third-order valence-electron chi connectivity index (χ3n) is 1.00. The molecule has 42 valence electrons. The van der Waals surface area contributed by atoms with Gasteiger partial charge in [-0.05, 0) is 24.6 Å². The molecule has 0 aromatic carbocycles. The van der Waals surface area contributed by atoms with Gasteiger partial charge in [0.25, 0.3) is 0 Å². The van der Waals surface area contributed by atoms with Crippen LogP contribution in [0.4, 0.5) is 4.39 Å². The minimum Gasteiger partial charge on any atom is -0.238 e. The van der Waals surface area contributed by atoms with E-state index in [0.717, 1.165) is 5.57 Å². The molecule has 0 fully saturated rings. The minimum atomic E-state index is -0.918. The van der Waals surface area contributed by atoms with Crippen molar-refractivity contribution in [2.75, 3.05) is 0 Å². The van der Waals surface area contributed by atoms with Gasteiger partial charge >= 0.3 is 0 Å². The van der Waals surface area contributed by atoms with E-state index in [1.54, 1.807) is 6.08 Å². The lowest BCUT2D eigenvalue weighted by Gasteiger charge is -1.95. The molecule has 0 bridgehead atoms. The molecule has 0 N–H and O–H groups in total. The zero-order valence-electron chi connectivity index (χ0n) is 4.69. The maximum absolute atomic E-state index is 12.1. The van der Waals surface area contributed by atoms with Crippen LogP contribution in [0.1, 0.15) is 6.92 Å². The summed E-state index contributed by atoms with van der Waals surface area (Å²) < 4.78 is 12.1. The largest absolute Gasteiger partial charge is 0.238 e. The van der Waals surface area contributed by atoms with Crippen LogP contribution in [0.3, 0.4) is 0 Å². The quantitative estimate of drug-likeness (QED) is 0.418. The van der Waals surface area contributed by atoms with Crippen LogP contribution >= 0.6 is 0 Å². The Bertz CT molecular complexity index is 171. The Hall–Kier alpha value is -0.810. The zero-order valence-corrected chi connectivity index (χ0v) is 4.69. The average Bonchev–Trinajstić information content (AvgIpc) is 1.77. The highest BCUT2D eigenvalue weighted by atomic mass is 19.1. The van der Waals surface area contributed by atoms with Crippen LogP contribution in [-0.2, 0) is 0 Å². The van der Waals surface area contributed by atoms with E-state index in [2.05, 4.69) is 5.73 Å². The molecule has 0 saturated heterocycles. The zero-order chi connectivity index (χ0) is 5.98. The van der Waals surface area contributed by atoms with Gasteiger partial charge in [-0.3, -0.25) is 0 Å². The van der Waals surface area contributed by atoms with Crippen LogP contribution in [0.5, 0.6) is 0 Å². The monoisotopic (exact) mass is 110 g/mol. The minimum absolute atomic E-state index is 0.918. The number of alkyl halides is 1. The van der Waals surface area contributed by atoms with Crippen molar-refractivity contribution < 1.29 is 4.39 Å². The lowest BCUT2D eigenvalue weighted by Crippen LogP contribution is -1.89. The third kappa shape index (κ3) is 1.08. The van der Waals surface area contributed by atoms with Gasteiger partial charge in [-0.1, -0.05) is 6.08 Å². The summed E-state index contributed by atoms with van der Waals surface area (Å²) in [6, 6.07) is 0. The fourth-order valence-electron chi connectivity index (χ4n) is 0.551. The predicted octanol–water partition coefficient (Wildman–Crippen LogP) is 2.00. The van der Waals surface area contributed by atoms with Crippen LogP contribution in [0, 0.1) is 0 Å². The normalized spacial score (nSPS) is 25.8. The fourth-order valence-corrected chi connectivity index (χ4v) is 0.551. The van der Waals surface area contributed by atoms with Crippen molar-refractivity contribution in [2.24, 2.45) is 0 Å². The number of allylic oxidation sites excluding steroid dienone is 3. The lowest BCUT2D eigenvalue weighted by molar-refractivity contribution is 0.468. The molecule has 0 saturated carbocycles. The molecular formula is C7H7F. The van der Waals surface area contributed by atoms with Gasteiger partial charge in [-0.2, -0.15) is 0 Å². The molecule has 0 radical (unpaired) electrons. The van der Waals surface area contributed by atoms with Crippen molar-refractivity contribution in [3.05, 3.63) is 29.5 Å². The van der Waals surface area contributed by atoms with Crippen LogP contribution in [0.25, 0.3) is 0 Å². The Balaban J connectivity index is 2.86. The molecule has 0 heterocycles. The summed E-state index contributed by atoms with van der Waals surface area (Å²) in [5.41, 5.74) is 3.75. The first-order valence-corrected chi connectivity index (χ1v) is 2.55. The Labute approximate surface area is 48.0 Å². The van der Waals surface area contributed by atoms with Crippen molar-refractivity contribution >= 4 is 0 Å². The molecule has 0 aromatic rings. The number of hydrogen-bond donors (Lipinski definition) is 0. The Kier molecular flexibility index (Phi) is 1.32. The molecule has 0 nitrogen and oxygen atoms in total. The molecule has 0 aromatic heterocycles. The highest BCUT2D eigenvalue weighted by Gasteiger charge is 1.95. The third-order valence-corrected chi connectivity index (χ3v) is 1.00. The summed E-state index contributed by atoms with van der Waals surface area (Å²) in [5, 5.41) is 0. The Morgan fingerprint density at radius 3 is 2.88 bits per heavy atom. The van der Waals surface area contributed by atoms with Gasteiger partial charge in [0.1, 0.15) is 6.17 Å². The molecule has 0 amide bonds. The molecule has 0 spiro atoms. The molecule has 1 aliphatic carbocycles. The highest BCUT2D eigenvalue weighted by Crippen LogP contribution is 2.04. The van der Waals surface area contributed by atoms with Gasteiger partial charge in [0.2, 0.25) is 0 Å². The summed E-state index contributed by atoms with van der Waals surface area (Å²) in [6.07, 6.45) is 3.73. The van der Waals surface area contributed by atoms with Gasteiger partial charge in [-0.25, -0.2) is 4.39 Å². The summed E-state index contributed by atoms with van der Waals surface area (Å²) in [5.74, 6) is 0. The maximum Gasteiger partial charge on any atom is 0.144 e. The van der Waals surface area contributed by atoms with Crippen LogP contribution in [0.2, 0.25) is 0 Å². The van der Waals surface area contributed by atoms with E-state index in [1.807, 2.05) is 6.92 Å². The second kappa shape index (κ2) is 1.97. The smallest absolute Gasteiger partial charge is 0.144 e. The van der Waals surface area contributed by atoms with Crippen molar-refractivity contribution in [3.63, 3.8) is 0 Å². The first-order chi connectivity index (χ1) is 3.79. The first kappa shape index (κ1) is 5.33. The van der Waals surface area contributed by atoms with Crippen LogP contribution in [-0.4, -0.2) is 6.17 Å². The van der Waals surface area contributed by atoms with E-state index in [9.17, 15) is 4.39 Å². The number of rotatable bonds is 0. The van der Waals surface area contributed by atoms with Gasteiger partial charge in [-0.15, -0.1) is 5.73 Å². The fraction of sp³-hybridized carbons (Fsp3) is 0.286. The number of hydrogen-bond acceptors (Lipinski definition) is 0. The van der Waals surface area contributed by atoms with E-state index in [4.69, 9.17) is 0 Å². The lowest BCUT2D eigenvalue weighted by atomic mass is 10.2. The van der Waals surface area contributed by atoms with Crippen molar-refractivity contribution in [1.82, 2.24) is 0 Å². The standard InChI is InChI=1S/C7H7F/c1-6-2-4-7(8)5-3-6/h2,4-5,7H,1H3. The predicted molar refractivity (Wildman–Crippen MR) is 31.3 cm³/mol. The summed E-state index contributed by atoms with van der Waals surface area (Å²) >= 11 is 0. The topological polar surface area (TPSA) is 0 Å². The SMILES string of the molecule is CC1=C=CC(F)C=C1. The molecule has 0 aliphatic heterocycles. The van der Waals surface area contributed by atoms with E-state index < -0.39 is 6.17 Å². The Morgan fingerprint density at radius 2 is 2.50 bits per heavy atom. The molecule has 1 aliphatic rings. The van der Waals surface area contributed by atoms with E-state index >= 15 is 0 Å². The molecular weight excluding hydrogens is 103 g/mol. The Morgan fingerprint density at radius 1 is 1.75 bits per heavy atom. The summed E-state index contributed by atoms with van der Waals surface area (Å²) in [7, 11) is 0. The molecule has 1 unspecified atom stereocenters. The van der Waals surface area contributed by atoms with Crippen LogP contribution in [0.15, 0.2) is 29.5 Å². The van der Waals surface area contributed by atoms with Crippen molar-refractivity contribution in [2.45, 2.75) is 13.1 Å². The van der Waals surface area contributed by atoms with E-state index in [0.29, 0.717) is 0 Å². The highest BCUT2D eigenvalue weighted by molar-refractivity contribution is 5.23. The second-order valence-electron chi connectivity index (χ2n) is 1.80. The number of halogens is 1. The summed E-state index contributed by atoms with van der Waals surface area (Å²) in [6.45, 7) is 1.89. The van der Waals surface area contributed by atoms with Crippen molar-refractivity contribution in [1.29, 1.82) is 0 Å². The van der Waals surface area contributed by atoms with Gasteiger partial charge in [0, 0.05) is 0 Å². The molecule has 1 rings (SSSR count). The maximum atomic E-state index is 12.1. The van der Waals surface area contributed by atoms with Gasteiger partial charge in [0.05, 0.1) is 0 Å². The second-order valence-corrected chi connectivity index (χ2v) is 1.80. The van der Waals surface area contributed by atoms with Gasteiger partial charge < -0.3 is 0 Å². The molecule has 1 atom stereocenters. The van der Waals surface area contributed by atoms with Crippen LogP contribution < -0.4 is 0 Å². The average molecular weight is 110 g/mol. The molecule has 1 heteroatoms. The first-order valence-electron chi connectivity index (χ1n) is 2.55. The molecule has 8 heavy (non-hydrogen) atoms. The van der Waals surface area contributed by atoms with E-state index in [-0.39, 0.29) is 0 Å². The van der Waals surface area contributed by atoms with Crippen molar-refractivity contribution in [3.8, 4) is 0 Å².